The molecule has 1 aliphatic heterocycles. The van der Waals surface area contributed by atoms with Crippen molar-refractivity contribution >= 4 is 23.2 Å². The van der Waals surface area contributed by atoms with E-state index in [0.29, 0.717) is 12.0 Å². The van der Waals surface area contributed by atoms with E-state index in [-0.39, 0.29) is 22.7 Å². The summed E-state index contributed by atoms with van der Waals surface area (Å²) in [6.07, 6.45) is 0.320. The highest BCUT2D eigenvalue weighted by Gasteiger charge is 2.36. The Balaban J connectivity index is 2.15. The van der Waals surface area contributed by atoms with Crippen LogP contribution in [0.3, 0.4) is 0 Å². The molecule has 3 nitrogen and oxygen atoms in total. The Bertz CT molecular complexity index is 720. The number of amides is 1. The number of rotatable bonds is 2. The van der Waals surface area contributed by atoms with E-state index >= 15 is 0 Å². The van der Waals surface area contributed by atoms with Crippen LogP contribution in [0.25, 0.3) is 0 Å². The van der Waals surface area contributed by atoms with Gasteiger partial charge in [0.2, 0.25) is 5.91 Å². The van der Waals surface area contributed by atoms with Gasteiger partial charge in [-0.1, -0.05) is 48.0 Å². The molecular formula is C17H16ClFN2O. The third-order valence-electron chi connectivity index (χ3n) is 4.06. The normalized spacial score (nSPS) is 19.0. The second kappa shape index (κ2) is 5.71. The molecule has 3 rings (SSSR count). The minimum atomic E-state index is -0.667. The summed E-state index contributed by atoms with van der Waals surface area (Å²) in [7, 11) is 0. The summed E-state index contributed by atoms with van der Waals surface area (Å²) in [6.45, 7) is 1.86. The first-order valence-corrected chi connectivity index (χ1v) is 7.49. The van der Waals surface area contributed by atoms with Crippen LogP contribution in [0, 0.1) is 5.82 Å². The van der Waals surface area contributed by atoms with E-state index in [2.05, 4.69) is 0 Å². The van der Waals surface area contributed by atoms with Crippen molar-refractivity contribution in [1.82, 2.24) is 0 Å². The molecule has 0 saturated carbocycles. The third kappa shape index (κ3) is 2.38. The van der Waals surface area contributed by atoms with Crippen LogP contribution in [-0.4, -0.2) is 11.9 Å². The molecule has 0 saturated heterocycles. The lowest BCUT2D eigenvalue weighted by Crippen LogP contribution is -2.50. The van der Waals surface area contributed by atoms with E-state index in [1.54, 1.807) is 6.07 Å². The van der Waals surface area contributed by atoms with Crippen LogP contribution in [0.4, 0.5) is 10.1 Å². The quantitative estimate of drug-likeness (QED) is 0.921. The Kier molecular flexibility index (Phi) is 3.89. The lowest BCUT2D eigenvalue weighted by molar-refractivity contribution is -0.120. The van der Waals surface area contributed by atoms with Crippen molar-refractivity contribution in [2.45, 2.75) is 25.4 Å². The number of benzene rings is 2. The standard InChI is InChI=1S/C17H16ClFN2O/c1-10(11-5-3-2-4-6-11)21-16-12(9-14(20)17(21)22)7-8-13(18)15(16)19/h2-8,10,14H,9,20H2,1H3/t10-,14+/m0/s1. The molecule has 1 amide bonds. The van der Waals surface area contributed by atoms with Crippen molar-refractivity contribution in [3.8, 4) is 0 Å². The zero-order valence-electron chi connectivity index (χ0n) is 12.1. The predicted molar refractivity (Wildman–Crippen MR) is 85.4 cm³/mol. The van der Waals surface area contributed by atoms with Crippen molar-refractivity contribution < 1.29 is 9.18 Å². The molecule has 1 aliphatic rings. The van der Waals surface area contributed by atoms with Gasteiger partial charge in [-0.05, 0) is 30.5 Å². The van der Waals surface area contributed by atoms with Gasteiger partial charge in [0, 0.05) is 0 Å². The topological polar surface area (TPSA) is 46.3 Å². The number of nitrogens with zero attached hydrogens (tertiary/aromatic N) is 1. The van der Waals surface area contributed by atoms with Gasteiger partial charge in [-0.3, -0.25) is 4.79 Å². The summed E-state index contributed by atoms with van der Waals surface area (Å²) in [4.78, 5) is 14.0. The van der Waals surface area contributed by atoms with Gasteiger partial charge in [0.1, 0.15) is 0 Å². The molecule has 2 N–H and O–H groups in total. The number of hydrogen-bond acceptors (Lipinski definition) is 2. The molecule has 2 aromatic rings. The molecule has 2 aromatic carbocycles. The van der Waals surface area contributed by atoms with E-state index in [0.717, 1.165) is 5.56 Å². The molecule has 1 heterocycles. The van der Waals surface area contributed by atoms with Crippen LogP contribution in [0.1, 0.15) is 24.1 Å². The Labute approximate surface area is 133 Å². The number of fused-ring (bicyclic) bond motifs is 1. The molecule has 0 aromatic heterocycles. The zero-order valence-corrected chi connectivity index (χ0v) is 12.8. The number of anilines is 1. The van der Waals surface area contributed by atoms with Crippen molar-refractivity contribution in [1.29, 1.82) is 0 Å². The molecule has 0 bridgehead atoms. The largest absolute Gasteiger partial charge is 0.320 e. The number of carbonyl (C=O) groups is 1. The van der Waals surface area contributed by atoms with Gasteiger partial charge in [0.05, 0.1) is 22.8 Å². The van der Waals surface area contributed by atoms with E-state index in [1.165, 1.54) is 11.0 Å². The predicted octanol–water partition coefficient (Wildman–Crippen LogP) is 3.46. The second-order valence-corrected chi connectivity index (χ2v) is 5.88. The van der Waals surface area contributed by atoms with Crippen molar-refractivity contribution in [3.63, 3.8) is 0 Å². The molecular weight excluding hydrogens is 303 g/mol. The van der Waals surface area contributed by atoms with Crippen LogP contribution < -0.4 is 10.6 Å². The molecule has 0 radical (unpaired) electrons. The smallest absolute Gasteiger partial charge is 0.244 e. The average molecular weight is 319 g/mol. The van der Waals surface area contributed by atoms with Crippen molar-refractivity contribution in [2.75, 3.05) is 4.90 Å². The van der Waals surface area contributed by atoms with Crippen molar-refractivity contribution in [3.05, 3.63) is 64.4 Å². The van der Waals surface area contributed by atoms with Gasteiger partial charge in [0.25, 0.3) is 0 Å². The highest BCUT2D eigenvalue weighted by atomic mass is 35.5. The first-order chi connectivity index (χ1) is 10.5. The fourth-order valence-corrected chi connectivity index (χ4v) is 3.04. The fraction of sp³-hybridized carbons (Fsp3) is 0.235. The fourth-order valence-electron chi connectivity index (χ4n) is 2.88. The summed E-state index contributed by atoms with van der Waals surface area (Å²) in [5.41, 5.74) is 7.80. The van der Waals surface area contributed by atoms with E-state index in [1.807, 2.05) is 37.3 Å². The van der Waals surface area contributed by atoms with Crippen molar-refractivity contribution in [2.24, 2.45) is 5.73 Å². The van der Waals surface area contributed by atoms with Crippen LogP contribution in [0.2, 0.25) is 5.02 Å². The Morgan fingerprint density at radius 1 is 1.27 bits per heavy atom. The molecule has 0 unspecified atom stereocenters. The minimum Gasteiger partial charge on any atom is -0.320 e. The van der Waals surface area contributed by atoms with Gasteiger partial charge in [-0.25, -0.2) is 4.39 Å². The van der Waals surface area contributed by atoms with Gasteiger partial charge in [-0.2, -0.15) is 0 Å². The number of halogens is 2. The maximum absolute atomic E-state index is 14.5. The first-order valence-electron chi connectivity index (χ1n) is 7.11. The molecule has 22 heavy (non-hydrogen) atoms. The maximum atomic E-state index is 14.5. The highest BCUT2D eigenvalue weighted by molar-refractivity contribution is 6.31. The molecule has 2 atom stereocenters. The number of hydrogen-bond donors (Lipinski definition) is 1. The zero-order chi connectivity index (χ0) is 15.9. The summed E-state index contributed by atoms with van der Waals surface area (Å²) < 4.78 is 14.5. The highest BCUT2D eigenvalue weighted by Crippen LogP contribution is 2.38. The number of nitrogens with two attached hydrogens (primary N) is 1. The van der Waals surface area contributed by atoms with Crippen LogP contribution in [0.15, 0.2) is 42.5 Å². The molecule has 114 valence electrons. The van der Waals surface area contributed by atoms with E-state index < -0.39 is 11.9 Å². The monoisotopic (exact) mass is 318 g/mol. The molecule has 0 aliphatic carbocycles. The van der Waals surface area contributed by atoms with E-state index in [9.17, 15) is 9.18 Å². The van der Waals surface area contributed by atoms with Gasteiger partial charge in [-0.15, -0.1) is 0 Å². The molecule has 0 fully saturated rings. The van der Waals surface area contributed by atoms with Gasteiger partial charge >= 0.3 is 0 Å². The summed E-state index contributed by atoms with van der Waals surface area (Å²) >= 11 is 5.90. The Morgan fingerprint density at radius 3 is 2.64 bits per heavy atom. The first kappa shape index (κ1) is 15.0. The van der Waals surface area contributed by atoms with E-state index in [4.69, 9.17) is 17.3 Å². The summed E-state index contributed by atoms with van der Waals surface area (Å²) in [5, 5.41) is 0.00674. The van der Waals surface area contributed by atoms with Crippen LogP contribution in [-0.2, 0) is 11.2 Å². The average Bonchev–Trinajstić information content (AvgIpc) is 2.53. The summed E-state index contributed by atoms with van der Waals surface area (Å²) in [5.74, 6) is -0.854. The SMILES string of the molecule is C[C@@H](c1ccccc1)N1C(=O)[C@H](N)Cc2ccc(Cl)c(F)c21. The second-order valence-electron chi connectivity index (χ2n) is 5.47. The van der Waals surface area contributed by atoms with Crippen LogP contribution >= 0.6 is 11.6 Å². The third-order valence-corrected chi connectivity index (χ3v) is 4.35. The van der Waals surface area contributed by atoms with Gasteiger partial charge < -0.3 is 10.6 Å². The molecule has 0 spiro atoms. The maximum Gasteiger partial charge on any atom is 0.244 e. The lowest BCUT2D eigenvalue weighted by Gasteiger charge is -2.37. The minimum absolute atomic E-state index is 0.00674. The Morgan fingerprint density at radius 2 is 1.95 bits per heavy atom. The van der Waals surface area contributed by atoms with Crippen LogP contribution in [0.5, 0.6) is 0 Å². The lowest BCUT2D eigenvalue weighted by atomic mass is 9.94. The Hall–Kier alpha value is -1.91. The molecule has 5 heteroatoms. The summed E-state index contributed by atoms with van der Waals surface area (Å²) in [6, 6.07) is 11.7. The number of carbonyl (C=O) groups excluding carboxylic acids is 1. The van der Waals surface area contributed by atoms with Gasteiger partial charge in [0.15, 0.2) is 5.82 Å².